The molecule has 2 aliphatic heterocycles. The zero-order chi connectivity index (χ0) is 31.0. The minimum absolute atomic E-state index is 0.00562. The summed E-state index contributed by atoms with van der Waals surface area (Å²) in [5.74, 6) is 0.645. The number of carbonyl (C=O) groups is 2. The number of nitrogens with one attached hydrogen (secondary N) is 3. The number of ether oxygens (including phenoxy) is 2. The Kier molecular flexibility index (Phi) is 8.07. The van der Waals surface area contributed by atoms with Crippen molar-refractivity contribution in [2.45, 2.75) is 31.8 Å². The zero-order valence-corrected chi connectivity index (χ0v) is 25.2. The molecule has 2 aliphatic rings. The van der Waals surface area contributed by atoms with Crippen LogP contribution in [-0.2, 0) is 11.8 Å². The van der Waals surface area contributed by atoms with Gasteiger partial charge in [0.05, 0.1) is 29.4 Å². The molecule has 2 aromatic carbocycles. The van der Waals surface area contributed by atoms with E-state index in [4.69, 9.17) is 26.1 Å². The average molecular weight is 615 g/mol. The van der Waals surface area contributed by atoms with Crippen molar-refractivity contribution in [3.8, 4) is 34.0 Å². The van der Waals surface area contributed by atoms with Gasteiger partial charge in [-0.3, -0.25) is 14.4 Å². The molecule has 0 radical (unpaired) electrons. The highest BCUT2D eigenvalue weighted by atomic mass is 35.5. The van der Waals surface area contributed by atoms with E-state index in [0.29, 0.717) is 53.2 Å². The molecule has 0 spiro atoms. The number of fused-ring (bicyclic) bond motifs is 1. The van der Waals surface area contributed by atoms with Crippen LogP contribution in [0.15, 0.2) is 59.5 Å². The predicted octanol–water partition coefficient (Wildman–Crippen LogP) is 4.03. The lowest BCUT2D eigenvalue weighted by molar-refractivity contribution is -0.119. The minimum atomic E-state index is -0.525. The van der Waals surface area contributed by atoms with Crippen LogP contribution in [0.25, 0.3) is 22.4 Å². The lowest BCUT2D eigenvalue weighted by atomic mass is 9.96. The first-order valence-corrected chi connectivity index (χ1v) is 14.6. The molecule has 12 heteroatoms. The molecule has 6 rings (SSSR count). The number of hydrogen-bond acceptors (Lipinski definition) is 8. The van der Waals surface area contributed by atoms with Gasteiger partial charge in [0, 0.05) is 55.1 Å². The Labute approximate surface area is 258 Å². The van der Waals surface area contributed by atoms with E-state index >= 15 is 0 Å². The summed E-state index contributed by atoms with van der Waals surface area (Å²) in [4.78, 5) is 41.8. The van der Waals surface area contributed by atoms with Crippen molar-refractivity contribution in [1.82, 2.24) is 25.4 Å². The van der Waals surface area contributed by atoms with Crippen LogP contribution in [0.5, 0.6) is 11.6 Å². The Morgan fingerprint density at radius 2 is 1.93 bits per heavy atom. The van der Waals surface area contributed by atoms with Crippen LogP contribution >= 0.6 is 11.6 Å². The van der Waals surface area contributed by atoms with Crippen LogP contribution in [0.1, 0.15) is 40.4 Å². The third-order valence-corrected chi connectivity index (χ3v) is 8.43. The lowest BCUT2D eigenvalue weighted by Gasteiger charge is -2.18. The van der Waals surface area contributed by atoms with Gasteiger partial charge in [0.2, 0.25) is 11.8 Å². The summed E-state index contributed by atoms with van der Waals surface area (Å²) < 4.78 is 12.9. The van der Waals surface area contributed by atoms with Gasteiger partial charge in [-0.1, -0.05) is 41.9 Å². The number of amides is 2. The smallest absolute Gasteiger partial charge is 0.279 e. The van der Waals surface area contributed by atoms with Crippen molar-refractivity contribution in [2.24, 2.45) is 7.05 Å². The van der Waals surface area contributed by atoms with E-state index in [1.165, 1.54) is 19.3 Å². The van der Waals surface area contributed by atoms with Gasteiger partial charge in [-0.15, -0.1) is 0 Å². The first-order valence-electron chi connectivity index (χ1n) is 14.2. The number of halogens is 1. The fourth-order valence-electron chi connectivity index (χ4n) is 5.64. The third-order valence-electron chi connectivity index (χ3n) is 8.03. The summed E-state index contributed by atoms with van der Waals surface area (Å²) in [5.41, 5.74) is 4.50. The number of nitrogens with zero attached hydrogens (tertiary/aromatic N) is 3. The predicted molar refractivity (Wildman–Crippen MR) is 166 cm³/mol. The van der Waals surface area contributed by atoms with Crippen LogP contribution < -0.4 is 31.0 Å². The summed E-state index contributed by atoms with van der Waals surface area (Å²) in [6, 6.07) is 14.4. The van der Waals surface area contributed by atoms with Gasteiger partial charge in [0.25, 0.3) is 11.5 Å². The molecule has 4 aromatic rings. The highest BCUT2D eigenvalue weighted by Crippen LogP contribution is 2.44. The second-order valence-corrected chi connectivity index (χ2v) is 11.2. The normalized spacial score (nSPS) is 17.1. The number of benzene rings is 2. The van der Waals surface area contributed by atoms with Crippen LogP contribution in [-0.4, -0.2) is 52.9 Å². The number of aryl methyl sites for hydroxylation is 1. The quantitative estimate of drug-likeness (QED) is 0.271. The number of methoxy groups -OCH3 is 1. The van der Waals surface area contributed by atoms with Crippen LogP contribution in [0.4, 0.5) is 5.69 Å². The Hall–Kier alpha value is -4.74. The van der Waals surface area contributed by atoms with E-state index in [0.717, 1.165) is 33.4 Å². The van der Waals surface area contributed by atoms with Gasteiger partial charge in [-0.25, -0.2) is 9.67 Å². The summed E-state index contributed by atoms with van der Waals surface area (Å²) in [6.45, 7) is 2.91. The van der Waals surface area contributed by atoms with E-state index in [1.807, 2.05) is 43.3 Å². The van der Waals surface area contributed by atoms with Gasteiger partial charge >= 0.3 is 0 Å². The van der Waals surface area contributed by atoms with Crippen molar-refractivity contribution < 1.29 is 19.1 Å². The molecule has 226 valence electrons. The van der Waals surface area contributed by atoms with E-state index in [2.05, 4.69) is 21.0 Å². The molecular weight excluding hydrogens is 584 g/mol. The first kappa shape index (κ1) is 29.3. The topological polar surface area (TPSA) is 136 Å². The first-order chi connectivity index (χ1) is 21.2. The number of rotatable bonds is 8. The molecular formula is C32H31ClN6O5. The van der Waals surface area contributed by atoms with E-state index in [-0.39, 0.29) is 23.6 Å². The minimum Gasteiger partial charge on any atom is -0.491 e. The maximum absolute atomic E-state index is 13.0. The van der Waals surface area contributed by atoms with E-state index < -0.39 is 11.5 Å². The number of hydrogen-bond donors (Lipinski definition) is 3. The Morgan fingerprint density at radius 1 is 1.16 bits per heavy atom. The van der Waals surface area contributed by atoms with Gasteiger partial charge in [-0.2, -0.15) is 5.10 Å². The summed E-state index contributed by atoms with van der Waals surface area (Å²) in [7, 11) is 3.06. The molecule has 0 bridgehead atoms. The summed E-state index contributed by atoms with van der Waals surface area (Å²) in [6.07, 6.45) is 2.75. The van der Waals surface area contributed by atoms with Gasteiger partial charge in [-0.05, 0) is 36.6 Å². The van der Waals surface area contributed by atoms with Gasteiger partial charge in [0.1, 0.15) is 17.9 Å². The van der Waals surface area contributed by atoms with E-state index in [9.17, 15) is 14.4 Å². The van der Waals surface area contributed by atoms with Crippen molar-refractivity contribution in [3.63, 3.8) is 0 Å². The van der Waals surface area contributed by atoms with E-state index in [1.54, 1.807) is 13.2 Å². The molecule has 4 heterocycles. The average Bonchev–Trinajstić information content (AvgIpc) is 3.63. The fourth-order valence-corrected chi connectivity index (χ4v) is 5.97. The molecule has 1 saturated heterocycles. The maximum atomic E-state index is 13.0. The highest BCUT2D eigenvalue weighted by Gasteiger charge is 2.32. The fraction of sp³-hybridized carbons (Fsp3) is 0.281. The molecule has 1 fully saturated rings. The molecule has 0 saturated carbocycles. The molecule has 2 atom stereocenters. The zero-order valence-electron chi connectivity index (χ0n) is 24.4. The number of carbonyl (C=O) groups excluding carboxylic acids is 2. The largest absolute Gasteiger partial charge is 0.491 e. The number of aromatic nitrogens is 3. The molecule has 2 amide bonds. The van der Waals surface area contributed by atoms with Crippen LogP contribution in [0.3, 0.4) is 0 Å². The van der Waals surface area contributed by atoms with Crippen molar-refractivity contribution in [2.75, 3.05) is 25.6 Å². The second-order valence-electron chi connectivity index (χ2n) is 10.8. The second kappa shape index (κ2) is 12.1. The molecule has 2 aromatic heterocycles. The SMILES string of the molecule is COc1nc(-c2cccc(-c3cccc(NC(=O)c4ccnn(C)c4=O)c3C)c2Cl)cc2c1[C@H](NC[C@@H]1CCC(=O)N1)CO2. The van der Waals surface area contributed by atoms with Crippen molar-refractivity contribution in [1.29, 1.82) is 0 Å². The number of anilines is 1. The Bertz CT molecular complexity index is 1840. The summed E-state index contributed by atoms with van der Waals surface area (Å²) in [5, 5.41) is 13.7. The monoisotopic (exact) mass is 614 g/mol. The molecule has 0 aliphatic carbocycles. The van der Waals surface area contributed by atoms with Gasteiger partial charge in [0.15, 0.2) is 0 Å². The highest BCUT2D eigenvalue weighted by molar-refractivity contribution is 6.36. The maximum Gasteiger partial charge on any atom is 0.279 e. The van der Waals surface area contributed by atoms with Crippen molar-refractivity contribution >= 4 is 29.1 Å². The molecule has 44 heavy (non-hydrogen) atoms. The molecule has 11 nitrogen and oxygen atoms in total. The third kappa shape index (κ3) is 5.51. The lowest BCUT2D eigenvalue weighted by Crippen LogP contribution is -2.37. The molecule has 0 unspecified atom stereocenters. The van der Waals surface area contributed by atoms with Crippen LogP contribution in [0.2, 0.25) is 5.02 Å². The Balaban J connectivity index is 1.29. The standard InChI is InChI=1S/C32H31ClN6O5/c1-17-19(6-5-9-23(17)37-30(41)22-12-13-35-39(2)32(22)42)20-7-4-8-21(29(20)33)24-14-26-28(31(38-24)43-3)25(16-44-26)34-15-18-10-11-27(40)36-18/h4-9,12-14,18,25,34H,10-11,15-16H2,1-3H3,(H,36,40)(H,37,41)/t18-,25+/m0/s1. The van der Waals surface area contributed by atoms with Gasteiger partial charge < -0.3 is 25.4 Å². The van der Waals surface area contributed by atoms with Crippen LogP contribution in [0, 0.1) is 6.92 Å². The number of pyridine rings is 1. The Morgan fingerprint density at radius 3 is 2.70 bits per heavy atom. The summed E-state index contributed by atoms with van der Waals surface area (Å²) >= 11 is 7.04. The van der Waals surface area contributed by atoms with Crippen molar-refractivity contribution in [3.05, 3.63) is 86.8 Å². The molecule has 3 N–H and O–H groups in total.